The third kappa shape index (κ3) is 1.78. The predicted octanol–water partition coefficient (Wildman–Crippen LogP) is -1.30. The molecule has 78 valence electrons. The summed E-state index contributed by atoms with van der Waals surface area (Å²) in [7, 11) is 0. The van der Waals surface area contributed by atoms with E-state index in [0.717, 1.165) is 25.9 Å². The van der Waals surface area contributed by atoms with E-state index in [9.17, 15) is 9.59 Å². The van der Waals surface area contributed by atoms with Crippen LogP contribution in [0.1, 0.15) is 12.8 Å². The molecule has 0 aliphatic carbocycles. The molecule has 2 rings (SSSR count). The Hall–Kier alpha value is -0.940. The molecule has 0 atom stereocenters. The van der Waals surface area contributed by atoms with Crippen molar-refractivity contribution >= 4 is 11.8 Å². The highest BCUT2D eigenvalue weighted by Crippen LogP contribution is 2.13. The second-order valence-electron chi connectivity index (χ2n) is 3.74. The summed E-state index contributed by atoms with van der Waals surface area (Å²) in [6.07, 6.45) is 1.77. The van der Waals surface area contributed by atoms with Crippen LogP contribution in [-0.2, 0) is 9.59 Å². The quantitative estimate of drug-likeness (QED) is 0.513. The van der Waals surface area contributed by atoms with Crippen molar-refractivity contribution in [2.24, 2.45) is 0 Å². The van der Waals surface area contributed by atoms with Gasteiger partial charge in [-0.15, -0.1) is 0 Å². The molecule has 0 aromatic carbocycles. The maximum Gasteiger partial charge on any atom is 0.243 e. The molecule has 5 nitrogen and oxygen atoms in total. The smallest absolute Gasteiger partial charge is 0.243 e. The number of nitrogens with one attached hydrogen (secondary N) is 2. The Bertz CT molecular complexity index is 232. The first kappa shape index (κ1) is 9.61. The summed E-state index contributed by atoms with van der Waals surface area (Å²) >= 11 is 0. The van der Waals surface area contributed by atoms with E-state index in [1.54, 1.807) is 0 Å². The van der Waals surface area contributed by atoms with Crippen LogP contribution in [-0.4, -0.2) is 48.9 Å². The lowest BCUT2D eigenvalue weighted by molar-refractivity contribution is -0.150. The van der Waals surface area contributed by atoms with E-state index in [0.29, 0.717) is 13.1 Å². The lowest BCUT2D eigenvalue weighted by atomic mass is 10.0. The largest absolute Gasteiger partial charge is 0.317 e. The molecular formula is C9H15N3O2. The fourth-order valence-electron chi connectivity index (χ4n) is 2.06. The van der Waals surface area contributed by atoms with Crippen LogP contribution in [0.5, 0.6) is 0 Å². The van der Waals surface area contributed by atoms with Gasteiger partial charge in [0, 0.05) is 6.04 Å². The van der Waals surface area contributed by atoms with Crippen molar-refractivity contribution in [2.75, 3.05) is 26.2 Å². The van der Waals surface area contributed by atoms with Gasteiger partial charge in [0.05, 0.1) is 13.1 Å². The van der Waals surface area contributed by atoms with Gasteiger partial charge in [0.1, 0.15) is 0 Å². The van der Waals surface area contributed by atoms with Gasteiger partial charge in [0.25, 0.3) is 0 Å². The molecule has 2 fully saturated rings. The summed E-state index contributed by atoms with van der Waals surface area (Å²) in [5.74, 6) is -0.152. The fourth-order valence-corrected chi connectivity index (χ4v) is 2.06. The zero-order valence-electron chi connectivity index (χ0n) is 8.08. The van der Waals surface area contributed by atoms with E-state index in [1.165, 1.54) is 4.90 Å². The highest BCUT2D eigenvalue weighted by molar-refractivity contribution is 5.99. The molecule has 0 aromatic rings. The summed E-state index contributed by atoms with van der Waals surface area (Å²) in [4.78, 5) is 24.5. The molecule has 0 saturated carbocycles. The Kier molecular flexibility index (Phi) is 2.79. The average molecular weight is 197 g/mol. The second-order valence-corrected chi connectivity index (χ2v) is 3.74. The van der Waals surface area contributed by atoms with Crippen molar-refractivity contribution in [1.29, 1.82) is 0 Å². The van der Waals surface area contributed by atoms with Gasteiger partial charge < -0.3 is 5.32 Å². The summed E-state index contributed by atoms with van der Waals surface area (Å²) in [5, 5.41) is 6.02. The van der Waals surface area contributed by atoms with Crippen LogP contribution in [0.2, 0.25) is 0 Å². The molecule has 0 unspecified atom stereocenters. The van der Waals surface area contributed by atoms with Gasteiger partial charge in [-0.25, -0.2) is 0 Å². The topological polar surface area (TPSA) is 61.4 Å². The van der Waals surface area contributed by atoms with Gasteiger partial charge in [0.15, 0.2) is 0 Å². The van der Waals surface area contributed by atoms with Crippen molar-refractivity contribution in [3.63, 3.8) is 0 Å². The minimum absolute atomic E-state index is 0.0758. The molecule has 2 aliphatic rings. The molecule has 5 heteroatoms. The van der Waals surface area contributed by atoms with Gasteiger partial charge in [0.2, 0.25) is 11.8 Å². The van der Waals surface area contributed by atoms with Gasteiger partial charge >= 0.3 is 0 Å². The molecule has 0 aromatic heterocycles. The van der Waals surface area contributed by atoms with Crippen LogP contribution in [0, 0.1) is 0 Å². The van der Waals surface area contributed by atoms with E-state index < -0.39 is 0 Å². The van der Waals surface area contributed by atoms with Gasteiger partial charge in [-0.1, -0.05) is 0 Å². The Morgan fingerprint density at radius 1 is 1.00 bits per heavy atom. The molecule has 2 heterocycles. The van der Waals surface area contributed by atoms with Crippen LogP contribution < -0.4 is 10.6 Å². The second kappa shape index (κ2) is 4.06. The summed E-state index contributed by atoms with van der Waals surface area (Å²) in [6.45, 7) is 2.40. The Morgan fingerprint density at radius 3 is 2.14 bits per heavy atom. The molecule has 0 bridgehead atoms. The number of carbonyl (C=O) groups excluding carboxylic acids is 2. The van der Waals surface area contributed by atoms with Gasteiger partial charge in [-0.3, -0.25) is 19.8 Å². The third-order valence-electron chi connectivity index (χ3n) is 2.76. The first-order chi connectivity index (χ1) is 6.79. The number of nitrogens with zero attached hydrogens (tertiary/aromatic N) is 1. The highest BCUT2D eigenvalue weighted by Gasteiger charge is 2.32. The number of hydrogen-bond donors (Lipinski definition) is 2. The average Bonchev–Trinajstić information content (AvgIpc) is 2.19. The number of piperidine rings is 1. The zero-order valence-corrected chi connectivity index (χ0v) is 8.08. The molecule has 2 N–H and O–H groups in total. The number of amides is 2. The predicted molar refractivity (Wildman–Crippen MR) is 50.6 cm³/mol. The first-order valence-corrected chi connectivity index (χ1v) is 5.05. The van der Waals surface area contributed by atoms with Crippen LogP contribution in [0.3, 0.4) is 0 Å². The number of imide groups is 1. The fraction of sp³-hybridized carbons (Fsp3) is 0.778. The highest BCUT2D eigenvalue weighted by atomic mass is 16.2. The lowest BCUT2D eigenvalue weighted by Crippen LogP contribution is -2.57. The zero-order chi connectivity index (χ0) is 9.97. The summed E-state index contributed by atoms with van der Waals surface area (Å²) < 4.78 is 0. The maximum absolute atomic E-state index is 11.5. The normalized spacial score (nSPS) is 25.6. The number of hydrogen-bond acceptors (Lipinski definition) is 4. The Labute approximate surface area is 82.8 Å². The van der Waals surface area contributed by atoms with Crippen molar-refractivity contribution in [1.82, 2.24) is 15.5 Å². The van der Waals surface area contributed by atoms with Crippen molar-refractivity contribution in [3.8, 4) is 0 Å². The Morgan fingerprint density at radius 2 is 1.57 bits per heavy atom. The SMILES string of the molecule is O=C1CNCC(=O)N1C1CCNCC1. The summed E-state index contributed by atoms with van der Waals surface area (Å²) in [6, 6.07) is 0.123. The van der Waals surface area contributed by atoms with E-state index in [4.69, 9.17) is 0 Å². The van der Waals surface area contributed by atoms with Crippen molar-refractivity contribution in [2.45, 2.75) is 18.9 Å². The van der Waals surface area contributed by atoms with Crippen molar-refractivity contribution in [3.05, 3.63) is 0 Å². The molecule has 2 aliphatic heterocycles. The van der Waals surface area contributed by atoms with Crippen LogP contribution in [0.25, 0.3) is 0 Å². The van der Waals surface area contributed by atoms with E-state index >= 15 is 0 Å². The Balaban J connectivity index is 2.05. The van der Waals surface area contributed by atoms with Crippen molar-refractivity contribution < 1.29 is 9.59 Å². The standard InChI is InChI=1S/C9H15N3O2/c13-8-5-11-6-9(14)12(8)7-1-3-10-4-2-7/h7,10-11H,1-6H2. The third-order valence-corrected chi connectivity index (χ3v) is 2.76. The lowest BCUT2D eigenvalue weighted by Gasteiger charge is -2.35. The minimum Gasteiger partial charge on any atom is -0.317 e. The number of rotatable bonds is 1. The van der Waals surface area contributed by atoms with Gasteiger partial charge in [-0.05, 0) is 25.9 Å². The maximum atomic E-state index is 11.5. The number of carbonyl (C=O) groups is 2. The van der Waals surface area contributed by atoms with Crippen LogP contribution >= 0.6 is 0 Å². The van der Waals surface area contributed by atoms with E-state index in [-0.39, 0.29) is 17.9 Å². The first-order valence-electron chi connectivity index (χ1n) is 5.05. The summed E-state index contributed by atoms with van der Waals surface area (Å²) in [5.41, 5.74) is 0. The van der Waals surface area contributed by atoms with E-state index in [1.807, 2.05) is 0 Å². The molecule has 0 spiro atoms. The minimum atomic E-state index is -0.0758. The molecule has 0 radical (unpaired) electrons. The van der Waals surface area contributed by atoms with E-state index in [2.05, 4.69) is 10.6 Å². The molecule has 14 heavy (non-hydrogen) atoms. The number of piperazine rings is 1. The van der Waals surface area contributed by atoms with Gasteiger partial charge in [-0.2, -0.15) is 0 Å². The molecule has 2 amide bonds. The monoisotopic (exact) mass is 197 g/mol. The van der Waals surface area contributed by atoms with Crippen LogP contribution in [0.15, 0.2) is 0 Å². The van der Waals surface area contributed by atoms with Crippen LogP contribution in [0.4, 0.5) is 0 Å². The molecular weight excluding hydrogens is 182 g/mol. The molecule has 2 saturated heterocycles.